The van der Waals surface area contributed by atoms with Crippen molar-refractivity contribution in [1.82, 2.24) is 0 Å². The fourth-order valence-corrected chi connectivity index (χ4v) is 3.32. The average Bonchev–Trinajstić information content (AvgIpc) is 3.18. The molecule has 150 valence electrons. The summed E-state index contributed by atoms with van der Waals surface area (Å²) in [5.41, 5.74) is 3.76. The van der Waals surface area contributed by atoms with Crippen LogP contribution in [0.25, 0.3) is 22.5 Å². The molecule has 0 aliphatic heterocycles. The Hall–Kier alpha value is -4.50. The molecule has 3 aromatic carbocycles. The van der Waals surface area contributed by atoms with Gasteiger partial charge >= 0.3 is 0 Å². The van der Waals surface area contributed by atoms with Crippen LogP contribution in [-0.4, -0.2) is 11.1 Å². The van der Waals surface area contributed by atoms with E-state index in [4.69, 9.17) is 4.42 Å². The monoisotopic (exact) mass is 407 g/mol. The molecule has 1 aromatic heterocycles. The first-order chi connectivity index (χ1) is 15.1. The summed E-state index contributed by atoms with van der Waals surface area (Å²) in [6.07, 6.45) is 1.47. The zero-order valence-corrected chi connectivity index (χ0v) is 16.6. The van der Waals surface area contributed by atoms with Crippen molar-refractivity contribution in [3.05, 3.63) is 106 Å². The molecular weight excluding hydrogens is 390 g/mol. The molecule has 31 heavy (non-hydrogen) atoms. The minimum atomic E-state index is -0.429. The first kappa shape index (κ1) is 19.8. The highest BCUT2D eigenvalue weighted by molar-refractivity contribution is 5.90. The standard InChI is InChI=1S/C25H17N3O3/c1-17-12-13-18(14-22(17)28(29)30)16-27-25-21(15-26)23(19-8-4-2-5-9-19)24(31-25)20-10-6-3-7-11-20/h2-14,16H,1H3. The summed E-state index contributed by atoms with van der Waals surface area (Å²) in [7, 11) is 0. The first-order valence-electron chi connectivity index (χ1n) is 9.55. The zero-order valence-electron chi connectivity index (χ0n) is 16.6. The van der Waals surface area contributed by atoms with Crippen molar-refractivity contribution in [2.24, 2.45) is 4.99 Å². The van der Waals surface area contributed by atoms with Gasteiger partial charge in [0.25, 0.3) is 5.69 Å². The Morgan fingerprint density at radius 3 is 2.26 bits per heavy atom. The van der Waals surface area contributed by atoms with E-state index in [9.17, 15) is 15.4 Å². The van der Waals surface area contributed by atoms with Crippen LogP contribution in [0.5, 0.6) is 0 Å². The second-order valence-electron chi connectivity index (χ2n) is 6.89. The van der Waals surface area contributed by atoms with Crippen molar-refractivity contribution >= 4 is 17.8 Å². The van der Waals surface area contributed by atoms with Crippen molar-refractivity contribution in [3.63, 3.8) is 0 Å². The highest BCUT2D eigenvalue weighted by Gasteiger charge is 2.22. The summed E-state index contributed by atoms with van der Waals surface area (Å²) in [5.74, 6) is 0.703. The zero-order chi connectivity index (χ0) is 21.8. The van der Waals surface area contributed by atoms with Crippen LogP contribution in [0.3, 0.4) is 0 Å². The lowest BCUT2D eigenvalue weighted by Crippen LogP contribution is -1.93. The van der Waals surface area contributed by atoms with Gasteiger partial charge in [0.05, 0.1) is 4.92 Å². The van der Waals surface area contributed by atoms with Gasteiger partial charge in [0, 0.05) is 29.0 Å². The van der Waals surface area contributed by atoms with E-state index in [2.05, 4.69) is 11.1 Å². The fraction of sp³-hybridized carbons (Fsp3) is 0.0400. The number of nitro benzene ring substituents is 1. The van der Waals surface area contributed by atoms with Gasteiger partial charge in [-0.15, -0.1) is 0 Å². The van der Waals surface area contributed by atoms with E-state index < -0.39 is 4.92 Å². The minimum Gasteiger partial charge on any atom is -0.436 e. The number of rotatable bonds is 5. The number of nitrogens with zero attached hydrogens (tertiary/aromatic N) is 3. The lowest BCUT2D eigenvalue weighted by molar-refractivity contribution is -0.385. The highest BCUT2D eigenvalue weighted by atomic mass is 16.6. The van der Waals surface area contributed by atoms with E-state index in [0.717, 1.165) is 11.1 Å². The maximum Gasteiger partial charge on any atom is 0.272 e. The lowest BCUT2D eigenvalue weighted by Gasteiger charge is -2.03. The van der Waals surface area contributed by atoms with Crippen molar-refractivity contribution in [3.8, 4) is 28.5 Å². The summed E-state index contributed by atoms with van der Waals surface area (Å²) >= 11 is 0. The Bertz CT molecular complexity index is 1320. The first-order valence-corrected chi connectivity index (χ1v) is 9.55. The molecule has 0 fully saturated rings. The van der Waals surface area contributed by atoms with Crippen molar-refractivity contribution < 1.29 is 9.34 Å². The second kappa shape index (κ2) is 8.47. The van der Waals surface area contributed by atoms with Crippen LogP contribution >= 0.6 is 0 Å². The molecule has 6 nitrogen and oxygen atoms in total. The summed E-state index contributed by atoms with van der Waals surface area (Å²) in [6.45, 7) is 1.68. The van der Waals surface area contributed by atoms with E-state index in [1.165, 1.54) is 12.3 Å². The normalized spacial score (nSPS) is 10.8. The summed E-state index contributed by atoms with van der Waals surface area (Å²) in [5, 5.41) is 21.1. The molecule has 0 amide bonds. The van der Waals surface area contributed by atoms with Crippen LogP contribution < -0.4 is 0 Å². The van der Waals surface area contributed by atoms with Gasteiger partial charge in [0.1, 0.15) is 17.4 Å². The van der Waals surface area contributed by atoms with Crippen LogP contribution in [0.4, 0.5) is 11.6 Å². The van der Waals surface area contributed by atoms with Gasteiger partial charge in [-0.1, -0.05) is 72.8 Å². The molecule has 4 rings (SSSR count). The maximum atomic E-state index is 11.2. The summed E-state index contributed by atoms with van der Waals surface area (Å²) in [4.78, 5) is 15.2. The van der Waals surface area contributed by atoms with E-state index in [0.29, 0.717) is 28.0 Å². The lowest BCUT2D eigenvalue weighted by atomic mass is 9.98. The van der Waals surface area contributed by atoms with Crippen molar-refractivity contribution in [2.75, 3.05) is 0 Å². The van der Waals surface area contributed by atoms with Crippen molar-refractivity contribution in [2.45, 2.75) is 6.92 Å². The number of furan rings is 1. The summed E-state index contributed by atoms with van der Waals surface area (Å²) in [6, 6.07) is 26.1. The van der Waals surface area contributed by atoms with Crippen LogP contribution in [0, 0.1) is 28.4 Å². The number of nitriles is 1. The predicted molar refractivity (Wildman–Crippen MR) is 119 cm³/mol. The van der Waals surface area contributed by atoms with Crippen LogP contribution in [0.1, 0.15) is 16.7 Å². The van der Waals surface area contributed by atoms with E-state index in [-0.39, 0.29) is 11.6 Å². The Morgan fingerprint density at radius 2 is 1.65 bits per heavy atom. The molecule has 0 bridgehead atoms. The third kappa shape index (κ3) is 3.98. The number of aliphatic imine (C=N–C) groups is 1. The molecular formula is C25H17N3O3. The molecule has 0 saturated heterocycles. The minimum absolute atomic E-state index is 0.0128. The Morgan fingerprint density at radius 1 is 1.00 bits per heavy atom. The number of aryl methyl sites for hydroxylation is 1. The molecule has 0 unspecified atom stereocenters. The highest BCUT2D eigenvalue weighted by Crippen LogP contribution is 2.42. The quantitative estimate of drug-likeness (QED) is 0.216. The summed E-state index contributed by atoms with van der Waals surface area (Å²) < 4.78 is 6.05. The van der Waals surface area contributed by atoms with E-state index in [1.807, 2.05) is 60.7 Å². The van der Waals surface area contributed by atoms with Gasteiger partial charge in [0.15, 0.2) is 0 Å². The number of nitro groups is 1. The molecule has 0 atom stereocenters. The third-order valence-corrected chi connectivity index (χ3v) is 4.86. The predicted octanol–water partition coefficient (Wildman–Crippen LogP) is 6.45. The van der Waals surface area contributed by atoms with Crippen LogP contribution in [0.15, 0.2) is 88.3 Å². The van der Waals surface area contributed by atoms with Gasteiger partial charge in [-0.05, 0) is 18.1 Å². The SMILES string of the molecule is Cc1ccc(C=Nc2oc(-c3ccccc3)c(-c3ccccc3)c2C#N)cc1[N+](=O)[O-]. The van der Waals surface area contributed by atoms with Gasteiger partial charge in [-0.25, -0.2) is 4.99 Å². The molecule has 0 aliphatic rings. The van der Waals surface area contributed by atoms with Gasteiger partial charge < -0.3 is 4.42 Å². The third-order valence-electron chi connectivity index (χ3n) is 4.86. The Kier molecular flexibility index (Phi) is 5.41. The molecule has 1 heterocycles. The van der Waals surface area contributed by atoms with Gasteiger partial charge in [0.2, 0.25) is 5.88 Å². The van der Waals surface area contributed by atoms with Crippen molar-refractivity contribution in [1.29, 1.82) is 5.26 Å². The largest absolute Gasteiger partial charge is 0.436 e. The number of hydrogen-bond acceptors (Lipinski definition) is 5. The molecule has 0 radical (unpaired) electrons. The Balaban J connectivity index is 1.85. The molecule has 0 aliphatic carbocycles. The van der Waals surface area contributed by atoms with Crippen LogP contribution in [-0.2, 0) is 0 Å². The average molecular weight is 407 g/mol. The van der Waals surface area contributed by atoms with Gasteiger partial charge in [-0.2, -0.15) is 5.26 Å². The molecule has 4 aromatic rings. The molecule has 0 spiro atoms. The number of hydrogen-bond donors (Lipinski definition) is 0. The van der Waals surface area contributed by atoms with Gasteiger partial charge in [-0.3, -0.25) is 10.1 Å². The van der Waals surface area contributed by atoms with E-state index in [1.54, 1.807) is 19.1 Å². The fourth-order valence-electron chi connectivity index (χ4n) is 3.32. The Labute approximate surface area is 178 Å². The molecule has 0 saturated carbocycles. The topological polar surface area (TPSA) is 92.4 Å². The molecule has 6 heteroatoms. The smallest absolute Gasteiger partial charge is 0.272 e. The number of benzene rings is 3. The van der Waals surface area contributed by atoms with Crippen LogP contribution in [0.2, 0.25) is 0 Å². The molecule has 0 N–H and O–H groups in total. The second-order valence-corrected chi connectivity index (χ2v) is 6.89. The maximum absolute atomic E-state index is 11.2. The van der Waals surface area contributed by atoms with E-state index >= 15 is 0 Å².